The van der Waals surface area contributed by atoms with Gasteiger partial charge in [-0.2, -0.15) is 0 Å². The van der Waals surface area contributed by atoms with E-state index >= 15 is 0 Å². The van der Waals surface area contributed by atoms with Gasteiger partial charge in [-0.25, -0.2) is 0 Å². The summed E-state index contributed by atoms with van der Waals surface area (Å²) in [7, 11) is 1.94. The molecule has 3 aliphatic rings. The van der Waals surface area contributed by atoms with Crippen LogP contribution in [-0.4, -0.2) is 83.8 Å². The van der Waals surface area contributed by atoms with Gasteiger partial charge < -0.3 is 20.0 Å². The Morgan fingerprint density at radius 3 is 2.21 bits per heavy atom. The average Bonchev–Trinajstić information content (AvgIpc) is 3.63. The zero-order chi connectivity index (χ0) is 25.0. The zero-order valence-corrected chi connectivity index (χ0v) is 22.4. The highest BCUT2D eigenvalue weighted by molar-refractivity contribution is 5.90. The summed E-state index contributed by atoms with van der Waals surface area (Å²) in [4.78, 5) is 45.4. The summed E-state index contributed by atoms with van der Waals surface area (Å²) in [6.45, 7) is 13.4. The molecule has 3 amide bonds. The molecule has 1 aliphatic carbocycles. The van der Waals surface area contributed by atoms with Crippen LogP contribution < -0.4 is 5.32 Å². The van der Waals surface area contributed by atoms with Crippen LogP contribution in [0.25, 0.3) is 0 Å². The van der Waals surface area contributed by atoms with Crippen molar-refractivity contribution in [3.05, 3.63) is 0 Å². The van der Waals surface area contributed by atoms with Gasteiger partial charge >= 0.3 is 0 Å². The van der Waals surface area contributed by atoms with Crippen molar-refractivity contribution in [2.45, 2.75) is 97.7 Å². The Hall–Kier alpha value is -1.63. The second-order valence-corrected chi connectivity index (χ2v) is 11.9. The number of nitrogens with zero attached hydrogens (tertiary/aromatic N) is 3. The smallest absolute Gasteiger partial charge is 0.245 e. The molecule has 0 spiro atoms. The van der Waals surface area contributed by atoms with Crippen LogP contribution in [0.4, 0.5) is 0 Å². The second-order valence-electron chi connectivity index (χ2n) is 11.9. The maximum absolute atomic E-state index is 13.7. The first kappa shape index (κ1) is 27.0. The van der Waals surface area contributed by atoms with Crippen LogP contribution in [-0.2, 0) is 14.4 Å². The van der Waals surface area contributed by atoms with Crippen molar-refractivity contribution in [2.75, 3.05) is 33.2 Å². The summed E-state index contributed by atoms with van der Waals surface area (Å²) in [5.41, 5.74) is 0. The quantitative estimate of drug-likeness (QED) is 0.526. The van der Waals surface area contributed by atoms with E-state index in [2.05, 4.69) is 39.9 Å². The Morgan fingerprint density at radius 1 is 1.00 bits per heavy atom. The number of carbonyl (C=O) groups excluding carboxylic acids is 3. The Labute approximate surface area is 207 Å². The van der Waals surface area contributed by atoms with Crippen LogP contribution >= 0.6 is 0 Å². The molecule has 2 aliphatic heterocycles. The lowest BCUT2D eigenvalue weighted by molar-refractivity contribution is -0.150. The van der Waals surface area contributed by atoms with Crippen LogP contribution in [0.3, 0.4) is 0 Å². The first-order chi connectivity index (χ1) is 16.1. The van der Waals surface area contributed by atoms with E-state index in [-0.39, 0.29) is 29.8 Å². The van der Waals surface area contributed by atoms with Crippen LogP contribution in [0.15, 0.2) is 0 Å². The van der Waals surface area contributed by atoms with Crippen LogP contribution in [0.1, 0.15) is 79.6 Å². The van der Waals surface area contributed by atoms with Crippen molar-refractivity contribution in [1.29, 1.82) is 0 Å². The fourth-order valence-corrected chi connectivity index (χ4v) is 5.61. The molecule has 0 aromatic carbocycles. The normalized spacial score (nSPS) is 24.0. The van der Waals surface area contributed by atoms with Crippen LogP contribution in [0, 0.1) is 23.7 Å². The summed E-state index contributed by atoms with van der Waals surface area (Å²) in [5, 5.41) is 3.36. The topological polar surface area (TPSA) is 73.0 Å². The third-order valence-electron chi connectivity index (χ3n) is 8.09. The average molecular weight is 477 g/mol. The minimum atomic E-state index is -0.382. The summed E-state index contributed by atoms with van der Waals surface area (Å²) < 4.78 is 0. The third-order valence-corrected chi connectivity index (χ3v) is 8.09. The highest BCUT2D eigenvalue weighted by Crippen LogP contribution is 2.35. The minimum Gasteiger partial charge on any atom is -0.343 e. The molecule has 34 heavy (non-hydrogen) atoms. The summed E-state index contributed by atoms with van der Waals surface area (Å²) >= 11 is 0. The summed E-state index contributed by atoms with van der Waals surface area (Å²) in [6, 6.07) is -0.238. The highest BCUT2D eigenvalue weighted by Gasteiger charge is 2.39. The van der Waals surface area contributed by atoms with Gasteiger partial charge in [0.05, 0.1) is 6.04 Å². The monoisotopic (exact) mass is 476 g/mol. The van der Waals surface area contributed by atoms with E-state index < -0.39 is 0 Å². The number of rotatable bonds is 10. The predicted molar refractivity (Wildman–Crippen MR) is 135 cm³/mol. The van der Waals surface area contributed by atoms with Gasteiger partial charge in [0.25, 0.3) is 0 Å². The van der Waals surface area contributed by atoms with Crippen molar-refractivity contribution in [3.8, 4) is 0 Å². The number of piperidine rings is 1. The Balaban J connectivity index is 1.57. The van der Waals surface area contributed by atoms with Crippen molar-refractivity contribution in [2.24, 2.45) is 23.7 Å². The summed E-state index contributed by atoms with van der Waals surface area (Å²) in [5.74, 6) is 2.19. The van der Waals surface area contributed by atoms with E-state index in [0.29, 0.717) is 62.2 Å². The number of amides is 3. The molecular weight excluding hydrogens is 428 g/mol. The number of likely N-dealkylation sites (tertiary alicyclic amines) is 1. The van der Waals surface area contributed by atoms with E-state index in [1.807, 2.05) is 21.7 Å². The lowest BCUT2D eigenvalue weighted by Crippen LogP contribution is -2.62. The maximum Gasteiger partial charge on any atom is 0.245 e. The van der Waals surface area contributed by atoms with E-state index in [1.54, 1.807) is 0 Å². The van der Waals surface area contributed by atoms with E-state index in [9.17, 15) is 14.4 Å². The summed E-state index contributed by atoms with van der Waals surface area (Å²) in [6.07, 6.45) is 6.28. The van der Waals surface area contributed by atoms with E-state index in [4.69, 9.17) is 0 Å². The van der Waals surface area contributed by atoms with Crippen LogP contribution in [0.5, 0.6) is 0 Å². The van der Waals surface area contributed by atoms with Crippen molar-refractivity contribution in [3.63, 3.8) is 0 Å². The van der Waals surface area contributed by atoms with Crippen molar-refractivity contribution < 1.29 is 14.4 Å². The fourth-order valence-electron chi connectivity index (χ4n) is 5.61. The Kier molecular flexibility index (Phi) is 9.41. The standard InChI is InChI=1S/C27H48N4O3/c1-18(2)15-23-26(33)31(14-11-28-23)24(16-19(3)4)27(34)30-12-9-21(10-13-30)17-25(32)29(6)20(5)22-7-8-22/h18-24,28H,7-17H2,1-6H3/t20?,23-,24?/m0/s1. The molecule has 2 heterocycles. The molecule has 2 unspecified atom stereocenters. The van der Waals surface area contributed by atoms with Crippen molar-refractivity contribution in [1.82, 2.24) is 20.0 Å². The Bertz CT molecular complexity index is 713. The van der Waals surface area contributed by atoms with Crippen LogP contribution in [0.2, 0.25) is 0 Å². The van der Waals surface area contributed by atoms with Gasteiger partial charge in [-0.15, -0.1) is 0 Å². The number of hydrogen-bond acceptors (Lipinski definition) is 4. The van der Waals surface area contributed by atoms with E-state index in [1.165, 1.54) is 12.8 Å². The first-order valence-electron chi connectivity index (χ1n) is 13.7. The molecule has 0 aromatic heterocycles. The lowest BCUT2D eigenvalue weighted by Gasteiger charge is -2.42. The van der Waals surface area contributed by atoms with Gasteiger partial charge in [0.1, 0.15) is 6.04 Å². The first-order valence-corrected chi connectivity index (χ1v) is 13.7. The molecule has 0 aromatic rings. The molecule has 1 N–H and O–H groups in total. The highest BCUT2D eigenvalue weighted by atomic mass is 16.2. The molecule has 0 bridgehead atoms. The molecule has 1 saturated carbocycles. The van der Waals surface area contributed by atoms with Gasteiger partial charge in [0.2, 0.25) is 17.7 Å². The molecule has 3 fully saturated rings. The number of hydrogen-bond donors (Lipinski definition) is 1. The number of nitrogens with one attached hydrogen (secondary N) is 1. The van der Waals surface area contributed by atoms with Gasteiger partial charge in [-0.1, -0.05) is 27.7 Å². The molecule has 3 atom stereocenters. The predicted octanol–water partition coefficient (Wildman–Crippen LogP) is 3.13. The van der Waals surface area contributed by atoms with Gasteiger partial charge in [-0.3, -0.25) is 14.4 Å². The Morgan fingerprint density at radius 2 is 1.65 bits per heavy atom. The van der Waals surface area contributed by atoms with Gasteiger partial charge in [-0.05, 0) is 69.1 Å². The van der Waals surface area contributed by atoms with Crippen molar-refractivity contribution >= 4 is 17.7 Å². The maximum atomic E-state index is 13.7. The molecule has 194 valence electrons. The zero-order valence-electron chi connectivity index (χ0n) is 22.4. The molecular formula is C27H48N4O3. The largest absolute Gasteiger partial charge is 0.343 e. The molecule has 0 radical (unpaired) electrons. The lowest BCUT2D eigenvalue weighted by atomic mass is 9.91. The SMILES string of the molecule is CC(C)CC(C(=O)N1CCC(CC(=O)N(C)C(C)C2CC2)CC1)N1CCN[C@@H](CC(C)C)C1=O. The minimum absolute atomic E-state index is 0.0762. The van der Waals surface area contributed by atoms with E-state index in [0.717, 1.165) is 25.8 Å². The molecule has 3 rings (SSSR count). The van der Waals surface area contributed by atoms with Gasteiger partial charge in [0, 0.05) is 45.7 Å². The third kappa shape index (κ3) is 6.96. The number of carbonyl (C=O) groups is 3. The number of piperazine rings is 1. The molecule has 7 heteroatoms. The fraction of sp³-hybridized carbons (Fsp3) is 0.889. The molecule has 2 saturated heterocycles. The van der Waals surface area contributed by atoms with Gasteiger partial charge in [0.15, 0.2) is 0 Å². The molecule has 7 nitrogen and oxygen atoms in total. The second kappa shape index (κ2) is 11.9.